The molecule has 0 aliphatic rings. The second-order valence-electron chi connectivity index (χ2n) is 5.58. The van der Waals surface area contributed by atoms with E-state index in [2.05, 4.69) is 4.98 Å². The van der Waals surface area contributed by atoms with E-state index in [0.717, 1.165) is 24.0 Å². The minimum absolute atomic E-state index is 0.0546. The minimum Gasteiger partial charge on any atom is -0.262 e. The van der Waals surface area contributed by atoms with Crippen LogP contribution in [0.5, 0.6) is 0 Å². The Labute approximate surface area is 149 Å². The van der Waals surface area contributed by atoms with Gasteiger partial charge in [0.15, 0.2) is 0 Å². The zero-order valence-corrected chi connectivity index (χ0v) is 14.8. The summed E-state index contributed by atoms with van der Waals surface area (Å²) in [4.78, 5) is 3.18. The number of rotatable bonds is 5. The average molecular weight is 383 g/mol. The van der Waals surface area contributed by atoms with E-state index in [4.69, 9.17) is 5.26 Å². The molecule has 0 bridgehead atoms. The number of sulfonamides is 1. The van der Waals surface area contributed by atoms with Crippen LogP contribution in [0, 0.1) is 18.3 Å². The molecule has 0 saturated heterocycles. The van der Waals surface area contributed by atoms with Gasteiger partial charge in [0.05, 0.1) is 5.56 Å². The van der Waals surface area contributed by atoms with E-state index in [1.807, 2.05) is 0 Å². The lowest BCUT2D eigenvalue weighted by Crippen LogP contribution is -2.42. The van der Waals surface area contributed by atoms with E-state index < -0.39 is 33.7 Å². The monoisotopic (exact) mass is 383 g/mol. The van der Waals surface area contributed by atoms with E-state index in [0.29, 0.717) is 4.31 Å². The molecular weight excluding hydrogens is 367 g/mol. The largest absolute Gasteiger partial charge is 0.409 e. The van der Waals surface area contributed by atoms with Crippen LogP contribution in [0.25, 0.3) is 0 Å². The summed E-state index contributed by atoms with van der Waals surface area (Å²) in [6.07, 6.45) is -2.75. The molecule has 9 heteroatoms. The van der Waals surface area contributed by atoms with E-state index in [1.54, 1.807) is 13.0 Å². The molecular formula is C17H16F3N3O2S. The molecule has 0 aliphatic carbocycles. The lowest BCUT2D eigenvalue weighted by Gasteiger charge is -2.31. The number of pyridine rings is 1. The topological polar surface area (TPSA) is 74.1 Å². The lowest BCUT2D eigenvalue weighted by molar-refractivity contribution is -0.173. The van der Waals surface area contributed by atoms with Crippen LogP contribution in [-0.4, -0.2) is 30.4 Å². The quantitative estimate of drug-likeness (QED) is 0.791. The van der Waals surface area contributed by atoms with E-state index in [9.17, 15) is 21.6 Å². The summed E-state index contributed by atoms with van der Waals surface area (Å²) >= 11 is 0. The Morgan fingerprint density at radius 1 is 1.23 bits per heavy atom. The fraction of sp³-hybridized carbons (Fsp3) is 0.294. The number of benzene rings is 1. The molecule has 0 N–H and O–H groups in total. The molecule has 2 rings (SSSR count). The van der Waals surface area contributed by atoms with Gasteiger partial charge in [-0.15, -0.1) is 0 Å². The van der Waals surface area contributed by atoms with Crippen LogP contribution in [0.15, 0.2) is 47.6 Å². The molecule has 0 unspecified atom stereocenters. The van der Waals surface area contributed by atoms with Crippen molar-refractivity contribution in [3.05, 3.63) is 59.4 Å². The maximum Gasteiger partial charge on any atom is 0.409 e. The maximum absolute atomic E-state index is 13.8. The predicted octanol–water partition coefficient (Wildman–Crippen LogP) is 3.58. The summed E-state index contributed by atoms with van der Waals surface area (Å²) in [5, 5.41) is 8.89. The second kappa shape index (κ2) is 7.43. The summed E-state index contributed by atoms with van der Waals surface area (Å²) < 4.78 is 67.3. The van der Waals surface area contributed by atoms with Crippen molar-refractivity contribution in [2.45, 2.75) is 31.0 Å². The van der Waals surface area contributed by atoms with Crippen molar-refractivity contribution in [3.8, 4) is 6.07 Å². The highest BCUT2D eigenvalue weighted by molar-refractivity contribution is 7.89. The van der Waals surface area contributed by atoms with Gasteiger partial charge < -0.3 is 0 Å². The number of hydrogen-bond acceptors (Lipinski definition) is 4. The Bertz CT molecular complexity index is 920. The highest BCUT2D eigenvalue weighted by atomic mass is 32.2. The van der Waals surface area contributed by atoms with Gasteiger partial charge in [-0.1, -0.05) is 36.8 Å². The van der Waals surface area contributed by atoms with Crippen molar-refractivity contribution < 1.29 is 21.6 Å². The molecule has 0 aliphatic heterocycles. The molecule has 0 amide bonds. The minimum atomic E-state index is -4.82. The number of halogens is 3. The van der Waals surface area contributed by atoms with E-state index in [-0.39, 0.29) is 11.1 Å². The SMILES string of the molecule is CCN([C@H](c1ccc(C)cc1)C(F)(F)F)S(=O)(=O)c1cncc(C#N)c1. The zero-order valence-electron chi connectivity index (χ0n) is 14.0. The predicted molar refractivity (Wildman–Crippen MR) is 88.5 cm³/mol. The number of aryl methyl sites for hydroxylation is 1. The van der Waals surface area contributed by atoms with Gasteiger partial charge in [-0.2, -0.15) is 22.7 Å². The highest BCUT2D eigenvalue weighted by Crippen LogP contribution is 2.40. The molecule has 2 aromatic rings. The number of nitrogens with zero attached hydrogens (tertiary/aromatic N) is 3. The van der Waals surface area contributed by atoms with Crippen LogP contribution in [0.4, 0.5) is 13.2 Å². The van der Waals surface area contributed by atoms with Crippen LogP contribution >= 0.6 is 0 Å². The standard InChI is InChI=1S/C17H16F3N3O2S/c1-3-23(26(24,25)15-8-13(9-21)10-22-11-15)16(17(18,19)20)14-6-4-12(2)5-7-14/h4-8,10-11,16H,3H2,1-2H3/t16-/m1/s1. The van der Waals surface area contributed by atoms with Crippen LogP contribution in [-0.2, 0) is 10.0 Å². The molecule has 26 heavy (non-hydrogen) atoms. The normalized spacial score (nSPS) is 13.4. The van der Waals surface area contributed by atoms with Crippen LogP contribution in [0.2, 0.25) is 0 Å². The zero-order chi connectivity index (χ0) is 19.5. The first-order chi connectivity index (χ1) is 12.1. The van der Waals surface area contributed by atoms with Crippen LogP contribution in [0.1, 0.15) is 29.7 Å². The summed E-state index contributed by atoms with van der Waals surface area (Å²) in [6.45, 7) is 2.64. The summed E-state index contributed by atoms with van der Waals surface area (Å²) in [5.74, 6) is 0. The first-order valence-corrected chi connectivity index (χ1v) is 9.05. The van der Waals surface area contributed by atoms with Gasteiger partial charge in [0.1, 0.15) is 17.0 Å². The lowest BCUT2D eigenvalue weighted by atomic mass is 10.0. The Morgan fingerprint density at radius 3 is 2.35 bits per heavy atom. The second-order valence-corrected chi connectivity index (χ2v) is 7.47. The average Bonchev–Trinajstić information content (AvgIpc) is 2.59. The van der Waals surface area contributed by atoms with Crippen molar-refractivity contribution in [2.24, 2.45) is 0 Å². The molecule has 138 valence electrons. The van der Waals surface area contributed by atoms with Crippen LogP contribution < -0.4 is 0 Å². The number of nitriles is 1. The summed E-state index contributed by atoms with van der Waals surface area (Å²) in [6, 6.07) is 5.89. The van der Waals surface area contributed by atoms with Crippen molar-refractivity contribution in [1.82, 2.24) is 9.29 Å². The summed E-state index contributed by atoms with van der Waals surface area (Å²) in [5.41, 5.74) is 0.519. The Balaban J connectivity index is 2.60. The highest BCUT2D eigenvalue weighted by Gasteiger charge is 2.48. The van der Waals surface area contributed by atoms with Gasteiger partial charge in [0, 0.05) is 18.9 Å². The maximum atomic E-state index is 13.8. The fourth-order valence-corrected chi connectivity index (χ4v) is 4.11. The van der Waals surface area contributed by atoms with Gasteiger partial charge in [0.25, 0.3) is 0 Å². The van der Waals surface area contributed by atoms with Crippen molar-refractivity contribution >= 4 is 10.0 Å². The van der Waals surface area contributed by atoms with Crippen molar-refractivity contribution in [3.63, 3.8) is 0 Å². The molecule has 0 saturated carbocycles. The molecule has 0 fully saturated rings. The molecule has 0 radical (unpaired) electrons. The third kappa shape index (κ3) is 4.03. The fourth-order valence-electron chi connectivity index (χ4n) is 2.52. The number of alkyl halides is 3. The van der Waals surface area contributed by atoms with Gasteiger partial charge in [-0.05, 0) is 18.6 Å². The van der Waals surface area contributed by atoms with Crippen LogP contribution in [0.3, 0.4) is 0 Å². The van der Waals surface area contributed by atoms with Crippen molar-refractivity contribution in [1.29, 1.82) is 5.26 Å². The first kappa shape index (κ1) is 19.9. The molecule has 5 nitrogen and oxygen atoms in total. The molecule has 0 spiro atoms. The molecule has 1 aromatic heterocycles. The van der Waals surface area contributed by atoms with Gasteiger partial charge in [0.2, 0.25) is 10.0 Å². The summed E-state index contributed by atoms with van der Waals surface area (Å²) in [7, 11) is -4.52. The van der Waals surface area contributed by atoms with Gasteiger partial charge >= 0.3 is 6.18 Å². The molecule has 1 atom stereocenters. The number of aromatic nitrogens is 1. The Kier molecular flexibility index (Phi) is 5.68. The Morgan fingerprint density at radius 2 is 1.85 bits per heavy atom. The third-order valence-electron chi connectivity index (χ3n) is 3.75. The smallest absolute Gasteiger partial charge is 0.262 e. The van der Waals surface area contributed by atoms with E-state index in [1.165, 1.54) is 31.2 Å². The van der Waals surface area contributed by atoms with Gasteiger partial charge in [-0.3, -0.25) is 4.98 Å². The third-order valence-corrected chi connectivity index (χ3v) is 5.66. The van der Waals surface area contributed by atoms with E-state index >= 15 is 0 Å². The number of hydrogen-bond donors (Lipinski definition) is 0. The molecule has 1 aromatic carbocycles. The van der Waals surface area contributed by atoms with Crippen molar-refractivity contribution in [2.75, 3.05) is 6.54 Å². The Hall–Kier alpha value is -2.44. The van der Waals surface area contributed by atoms with Gasteiger partial charge in [-0.25, -0.2) is 8.42 Å². The molecule has 1 heterocycles. The first-order valence-electron chi connectivity index (χ1n) is 7.61.